The zero-order valence-electron chi connectivity index (χ0n) is 15.1. The molecule has 2 heterocycles. The third-order valence-electron chi connectivity index (χ3n) is 6.11. The number of piperazine rings is 1. The van der Waals surface area contributed by atoms with Crippen LogP contribution in [0.5, 0.6) is 0 Å². The molecule has 3 unspecified atom stereocenters. The molecule has 0 aromatic carbocycles. The molecule has 132 valence electrons. The Morgan fingerprint density at radius 2 is 1.74 bits per heavy atom. The number of fused-ring (bicyclic) bond motifs is 1. The number of hydrogen-bond acceptors (Lipinski definition) is 4. The average Bonchev–Trinajstić information content (AvgIpc) is 3.08. The van der Waals surface area contributed by atoms with Gasteiger partial charge in [0.15, 0.2) is 0 Å². The Bertz CT molecular complexity index is 406. The quantitative estimate of drug-likeness (QED) is 0.809. The molecule has 2 aliphatic heterocycles. The van der Waals surface area contributed by atoms with Crippen LogP contribution in [0.25, 0.3) is 0 Å². The normalized spacial score (nSPS) is 33.3. The van der Waals surface area contributed by atoms with Crippen LogP contribution in [-0.4, -0.2) is 86.1 Å². The van der Waals surface area contributed by atoms with E-state index in [4.69, 9.17) is 0 Å². The third-order valence-corrected chi connectivity index (χ3v) is 6.11. The smallest absolute Gasteiger partial charge is 0.222 e. The van der Waals surface area contributed by atoms with Gasteiger partial charge in [0.05, 0.1) is 0 Å². The molecule has 3 aliphatic rings. The summed E-state index contributed by atoms with van der Waals surface area (Å²) in [6.45, 7) is 13.6. The summed E-state index contributed by atoms with van der Waals surface area (Å²) in [6.07, 6.45) is 2.47. The van der Waals surface area contributed by atoms with Gasteiger partial charge in [-0.3, -0.25) is 9.69 Å². The van der Waals surface area contributed by atoms with Gasteiger partial charge in [0.2, 0.25) is 5.91 Å². The van der Waals surface area contributed by atoms with Crippen molar-refractivity contribution in [3.63, 3.8) is 0 Å². The molecule has 3 atom stereocenters. The molecule has 0 spiro atoms. The summed E-state index contributed by atoms with van der Waals surface area (Å²) in [5.41, 5.74) is 0. The molecular weight excluding hydrogens is 288 g/mol. The molecule has 0 aromatic rings. The monoisotopic (exact) mass is 322 g/mol. The SMILES string of the molecule is CC(C)C(=O)NC1CCC2CN(CCN3CCN(C)CC3)CC21. The van der Waals surface area contributed by atoms with Crippen molar-refractivity contribution in [2.75, 3.05) is 59.4 Å². The van der Waals surface area contributed by atoms with Crippen LogP contribution in [0.2, 0.25) is 0 Å². The Hall–Kier alpha value is -0.650. The summed E-state index contributed by atoms with van der Waals surface area (Å²) >= 11 is 0. The van der Waals surface area contributed by atoms with Crippen LogP contribution in [0.15, 0.2) is 0 Å². The molecule has 2 saturated heterocycles. The predicted molar refractivity (Wildman–Crippen MR) is 93.4 cm³/mol. The lowest BCUT2D eigenvalue weighted by Gasteiger charge is -2.33. The van der Waals surface area contributed by atoms with E-state index in [-0.39, 0.29) is 11.8 Å². The van der Waals surface area contributed by atoms with Crippen molar-refractivity contribution in [2.24, 2.45) is 17.8 Å². The van der Waals surface area contributed by atoms with Gasteiger partial charge in [-0.1, -0.05) is 13.8 Å². The Labute approximate surface area is 141 Å². The maximum absolute atomic E-state index is 12.0. The van der Waals surface area contributed by atoms with Crippen LogP contribution in [0, 0.1) is 17.8 Å². The molecule has 1 amide bonds. The van der Waals surface area contributed by atoms with E-state index in [1.165, 1.54) is 65.2 Å². The highest BCUT2D eigenvalue weighted by Crippen LogP contribution is 2.38. The number of carbonyl (C=O) groups is 1. The summed E-state index contributed by atoms with van der Waals surface area (Å²) < 4.78 is 0. The number of likely N-dealkylation sites (tertiary alicyclic amines) is 1. The molecule has 3 rings (SSSR count). The molecule has 1 saturated carbocycles. The van der Waals surface area contributed by atoms with Gasteiger partial charge in [-0.25, -0.2) is 0 Å². The zero-order valence-corrected chi connectivity index (χ0v) is 15.1. The third kappa shape index (κ3) is 4.25. The molecule has 0 bridgehead atoms. The van der Waals surface area contributed by atoms with E-state index in [0.717, 1.165) is 5.92 Å². The van der Waals surface area contributed by atoms with Crippen LogP contribution in [0.4, 0.5) is 0 Å². The van der Waals surface area contributed by atoms with E-state index >= 15 is 0 Å². The van der Waals surface area contributed by atoms with Gasteiger partial charge in [0, 0.05) is 64.3 Å². The summed E-state index contributed by atoms with van der Waals surface area (Å²) in [5.74, 6) is 1.82. The first kappa shape index (κ1) is 17.2. The summed E-state index contributed by atoms with van der Waals surface area (Å²) in [5, 5.41) is 3.30. The highest BCUT2D eigenvalue weighted by atomic mass is 16.1. The minimum Gasteiger partial charge on any atom is -0.353 e. The minimum absolute atomic E-state index is 0.101. The van der Waals surface area contributed by atoms with Crippen molar-refractivity contribution in [1.29, 1.82) is 0 Å². The first-order valence-corrected chi connectivity index (χ1v) is 9.46. The molecule has 0 aromatic heterocycles. The van der Waals surface area contributed by atoms with Crippen LogP contribution < -0.4 is 5.32 Å². The van der Waals surface area contributed by atoms with Crippen LogP contribution in [0.1, 0.15) is 26.7 Å². The number of nitrogens with zero attached hydrogens (tertiary/aromatic N) is 3. The molecule has 5 heteroatoms. The number of amides is 1. The second kappa shape index (κ2) is 7.49. The Morgan fingerprint density at radius 1 is 1.04 bits per heavy atom. The lowest BCUT2D eigenvalue weighted by molar-refractivity contribution is -0.124. The van der Waals surface area contributed by atoms with Gasteiger partial charge in [0.25, 0.3) is 0 Å². The van der Waals surface area contributed by atoms with Gasteiger partial charge in [-0.2, -0.15) is 0 Å². The number of hydrogen-bond donors (Lipinski definition) is 1. The summed E-state index contributed by atoms with van der Waals surface area (Å²) in [7, 11) is 2.21. The van der Waals surface area contributed by atoms with Crippen molar-refractivity contribution in [3.05, 3.63) is 0 Å². The molecular formula is C18H34N4O. The van der Waals surface area contributed by atoms with Gasteiger partial charge < -0.3 is 15.1 Å². The number of carbonyl (C=O) groups excluding carboxylic acids is 1. The second-order valence-corrected chi connectivity index (χ2v) is 8.18. The Morgan fingerprint density at radius 3 is 2.43 bits per heavy atom. The standard InChI is InChI=1S/C18H34N4O/c1-14(2)18(23)19-17-5-4-15-12-22(13-16(15)17)11-10-21-8-6-20(3)7-9-21/h14-17H,4-13H2,1-3H3,(H,19,23). The number of rotatable bonds is 5. The topological polar surface area (TPSA) is 38.8 Å². The number of likely N-dealkylation sites (N-methyl/N-ethyl adjacent to an activating group) is 1. The highest BCUT2D eigenvalue weighted by molar-refractivity contribution is 5.78. The van der Waals surface area contributed by atoms with E-state index in [1.807, 2.05) is 13.8 Å². The van der Waals surface area contributed by atoms with Gasteiger partial charge in [-0.15, -0.1) is 0 Å². The highest BCUT2D eigenvalue weighted by Gasteiger charge is 2.43. The Balaban J connectivity index is 1.42. The van der Waals surface area contributed by atoms with Crippen molar-refractivity contribution in [1.82, 2.24) is 20.0 Å². The number of nitrogens with one attached hydrogen (secondary N) is 1. The first-order chi connectivity index (χ1) is 11.0. The fraction of sp³-hybridized carbons (Fsp3) is 0.944. The fourth-order valence-corrected chi connectivity index (χ4v) is 4.42. The van der Waals surface area contributed by atoms with Gasteiger partial charge >= 0.3 is 0 Å². The van der Waals surface area contributed by atoms with E-state index in [2.05, 4.69) is 27.1 Å². The molecule has 1 N–H and O–H groups in total. The molecule has 23 heavy (non-hydrogen) atoms. The van der Waals surface area contributed by atoms with Crippen LogP contribution in [-0.2, 0) is 4.79 Å². The van der Waals surface area contributed by atoms with E-state index in [1.54, 1.807) is 0 Å². The fourth-order valence-electron chi connectivity index (χ4n) is 4.42. The summed E-state index contributed by atoms with van der Waals surface area (Å²) in [4.78, 5) is 19.7. The van der Waals surface area contributed by atoms with E-state index in [0.29, 0.717) is 12.0 Å². The Kier molecular flexibility index (Phi) is 5.60. The summed E-state index contributed by atoms with van der Waals surface area (Å²) in [6, 6.07) is 0.420. The molecule has 3 fully saturated rings. The maximum Gasteiger partial charge on any atom is 0.222 e. The van der Waals surface area contributed by atoms with Crippen molar-refractivity contribution in [2.45, 2.75) is 32.7 Å². The van der Waals surface area contributed by atoms with Crippen molar-refractivity contribution < 1.29 is 4.79 Å². The molecule has 1 aliphatic carbocycles. The van der Waals surface area contributed by atoms with Gasteiger partial charge in [0.1, 0.15) is 0 Å². The van der Waals surface area contributed by atoms with Crippen LogP contribution >= 0.6 is 0 Å². The first-order valence-electron chi connectivity index (χ1n) is 9.46. The lowest BCUT2D eigenvalue weighted by Crippen LogP contribution is -2.47. The van der Waals surface area contributed by atoms with Gasteiger partial charge in [-0.05, 0) is 31.7 Å². The minimum atomic E-state index is 0.101. The molecule has 5 nitrogen and oxygen atoms in total. The predicted octanol–water partition coefficient (Wildman–Crippen LogP) is 0.716. The van der Waals surface area contributed by atoms with E-state index < -0.39 is 0 Å². The lowest BCUT2D eigenvalue weighted by atomic mass is 9.97. The van der Waals surface area contributed by atoms with E-state index in [9.17, 15) is 4.79 Å². The van der Waals surface area contributed by atoms with Crippen molar-refractivity contribution in [3.8, 4) is 0 Å². The van der Waals surface area contributed by atoms with Crippen LogP contribution in [0.3, 0.4) is 0 Å². The van der Waals surface area contributed by atoms with Crippen molar-refractivity contribution >= 4 is 5.91 Å². The second-order valence-electron chi connectivity index (χ2n) is 8.18. The molecule has 0 radical (unpaired) electrons. The average molecular weight is 322 g/mol. The maximum atomic E-state index is 12.0. The zero-order chi connectivity index (χ0) is 16.4. The largest absolute Gasteiger partial charge is 0.353 e.